The minimum atomic E-state index is 0.0694. The molecule has 0 N–H and O–H groups in total. The molecule has 0 bridgehead atoms. The van der Waals surface area contributed by atoms with Crippen molar-refractivity contribution in [1.29, 1.82) is 0 Å². The molecule has 0 aromatic heterocycles. The minimum absolute atomic E-state index is 0.0694. The molecule has 0 radical (unpaired) electrons. The molecular weight excluding hydrogens is 164 g/mol. The van der Waals surface area contributed by atoms with E-state index in [1.54, 1.807) is 0 Å². The van der Waals surface area contributed by atoms with Gasteiger partial charge >= 0.3 is 0 Å². The van der Waals surface area contributed by atoms with Crippen LogP contribution in [0.15, 0.2) is 23.1 Å². The van der Waals surface area contributed by atoms with Gasteiger partial charge in [0.15, 0.2) is 0 Å². The predicted octanol–water partition coefficient (Wildman–Crippen LogP) is 4.06. The molecule has 12 heavy (non-hydrogen) atoms. The molecule has 1 heteroatoms. The first-order valence-corrected chi connectivity index (χ1v) is 4.80. The van der Waals surface area contributed by atoms with Crippen LogP contribution >= 0.6 is 12.6 Å². The molecule has 0 aromatic rings. The van der Waals surface area contributed by atoms with Crippen LogP contribution in [0.2, 0.25) is 0 Å². The zero-order chi connectivity index (χ0) is 9.94. The summed E-state index contributed by atoms with van der Waals surface area (Å²) >= 11 is 4.27. The SMILES string of the molecule is C=C(C(C)C)C(C)(C)/C=C(/C)S. The molecule has 0 fully saturated rings. The Morgan fingerprint density at radius 1 is 1.42 bits per heavy atom. The van der Waals surface area contributed by atoms with Gasteiger partial charge < -0.3 is 0 Å². The van der Waals surface area contributed by atoms with E-state index in [2.05, 4.69) is 53.0 Å². The minimum Gasteiger partial charge on any atom is -0.148 e. The third-order valence-electron chi connectivity index (χ3n) is 2.09. The van der Waals surface area contributed by atoms with Gasteiger partial charge in [0, 0.05) is 5.41 Å². The molecule has 0 aliphatic rings. The van der Waals surface area contributed by atoms with Gasteiger partial charge in [0.1, 0.15) is 0 Å². The summed E-state index contributed by atoms with van der Waals surface area (Å²) < 4.78 is 0. The summed E-state index contributed by atoms with van der Waals surface area (Å²) in [6.07, 6.45) is 2.15. The lowest BCUT2D eigenvalue weighted by Gasteiger charge is -2.26. The second-order valence-electron chi connectivity index (χ2n) is 4.19. The standard InChI is InChI=1S/C11H20S/c1-8(2)10(4)11(5,6)7-9(3)12/h7-8,12H,4H2,1-3,5-6H3/b9-7-. The summed E-state index contributed by atoms with van der Waals surface area (Å²) in [5.74, 6) is 0.531. The fourth-order valence-corrected chi connectivity index (χ4v) is 1.68. The maximum atomic E-state index is 4.27. The van der Waals surface area contributed by atoms with Crippen molar-refractivity contribution in [3.63, 3.8) is 0 Å². The van der Waals surface area contributed by atoms with Crippen LogP contribution < -0.4 is 0 Å². The largest absolute Gasteiger partial charge is 0.148 e. The number of rotatable bonds is 3. The molecule has 0 saturated heterocycles. The van der Waals surface area contributed by atoms with Gasteiger partial charge in [-0.3, -0.25) is 0 Å². The molecule has 0 spiro atoms. The van der Waals surface area contributed by atoms with E-state index >= 15 is 0 Å². The van der Waals surface area contributed by atoms with E-state index < -0.39 is 0 Å². The van der Waals surface area contributed by atoms with E-state index in [1.165, 1.54) is 5.57 Å². The summed E-state index contributed by atoms with van der Waals surface area (Å²) in [4.78, 5) is 1.06. The van der Waals surface area contributed by atoms with Crippen LogP contribution in [0.3, 0.4) is 0 Å². The van der Waals surface area contributed by atoms with Gasteiger partial charge in [-0.05, 0) is 17.7 Å². The number of allylic oxidation sites excluding steroid dienone is 3. The summed E-state index contributed by atoms with van der Waals surface area (Å²) in [6.45, 7) is 14.8. The summed E-state index contributed by atoms with van der Waals surface area (Å²) in [5, 5.41) is 0. The van der Waals surface area contributed by atoms with Gasteiger partial charge in [-0.15, -0.1) is 12.6 Å². The van der Waals surface area contributed by atoms with E-state index in [-0.39, 0.29) is 5.41 Å². The van der Waals surface area contributed by atoms with Gasteiger partial charge in [-0.25, -0.2) is 0 Å². The lowest BCUT2D eigenvalue weighted by molar-refractivity contribution is 0.507. The van der Waals surface area contributed by atoms with Crippen molar-refractivity contribution in [3.05, 3.63) is 23.1 Å². The van der Waals surface area contributed by atoms with E-state index in [0.717, 1.165) is 4.91 Å². The second kappa shape index (κ2) is 4.18. The molecule has 0 atom stereocenters. The lowest BCUT2D eigenvalue weighted by atomic mass is 9.79. The van der Waals surface area contributed by atoms with Crippen molar-refractivity contribution in [1.82, 2.24) is 0 Å². The highest BCUT2D eigenvalue weighted by atomic mass is 32.1. The first-order chi connectivity index (χ1) is 5.27. The fourth-order valence-electron chi connectivity index (χ4n) is 1.36. The van der Waals surface area contributed by atoms with Gasteiger partial charge in [0.2, 0.25) is 0 Å². The quantitative estimate of drug-likeness (QED) is 0.496. The zero-order valence-electron chi connectivity index (χ0n) is 8.81. The Morgan fingerprint density at radius 3 is 2.08 bits per heavy atom. The van der Waals surface area contributed by atoms with E-state index in [4.69, 9.17) is 0 Å². The third kappa shape index (κ3) is 3.48. The normalized spacial score (nSPS) is 13.8. The maximum Gasteiger partial charge on any atom is 0.00447 e. The van der Waals surface area contributed by atoms with Crippen molar-refractivity contribution >= 4 is 12.6 Å². The maximum absolute atomic E-state index is 4.27. The Kier molecular flexibility index (Phi) is 4.12. The van der Waals surface area contributed by atoms with Crippen LogP contribution in [0.1, 0.15) is 34.6 Å². The van der Waals surface area contributed by atoms with Gasteiger partial charge in [-0.1, -0.05) is 45.9 Å². The Labute approximate surface area is 82.2 Å². The Bertz CT molecular complexity index is 193. The summed E-state index contributed by atoms with van der Waals surface area (Å²) in [6, 6.07) is 0. The lowest BCUT2D eigenvalue weighted by Crippen LogP contribution is -2.15. The molecule has 0 heterocycles. The second-order valence-corrected chi connectivity index (χ2v) is 4.89. The van der Waals surface area contributed by atoms with Crippen molar-refractivity contribution < 1.29 is 0 Å². The molecule has 0 rings (SSSR count). The Morgan fingerprint density at radius 2 is 1.83 bits per heavy atom. The zero-order valence-corrected chi connectivity index (χ0v) is 9.70. The number of hydrogen-bond donors (Lipinski definition) is 1. The molecule has 0 nitrogen and oxygen atoms in total. The van der Waals surface area contributed by atoms with Crippen molar-refractivity contribution in [2.45, 2.75) is 34.6 Å². The highest BCUT2D eigenvalue weighted by Gasteiger charge is 2.20. The highest BCUT2D eigenvalue weighted by molar-refractivity contribution is 7.84. The van der Waals surface area contributed by atoms with E-state index in [1.807, 2.05) is 6.92 Å². The van der Waals surface area contributed by atoms with Crippen LogP contribution in [0, 0.1) is 11.3 Å². The van der Waals surface area contributed by atoms with Crippen molar-refractivity contribution in [3.8, 4) is 0 Å². The van der Waals surface area contributed by atoms with Crippen LogP contribution in [0.25, 0.3) is 0 Å². The summed E-state index contributed by atoms with van der Waals surface area (Å²) in [5.41, 5.74) is 1.33. The number of thiol groups is 1. The van der Waals surface area contributed by atoms with Crippen LogP contribution in [0.5, 0.6) is 0 Å². The fraction of sp³-hybridized carbons (Fsp3) is 0.636. The average molecular weight is 184 g/mol. The highest BCUT2D eigenvalue weighted by Crippen LogP contribution is 2.33. The van der Waals surface area contributed by atoms with E-state index in [9.17, 15) is 0 Å². The monoisotopic (exact) mass is 184 g/mol. The molecule has 0 aromatic carbocycles. The number of hydrogen-bond acceptors (Lipinski definition) is 1. The molecule has 0 aliphatic carbocycles. The van der Waals surface area contributed by atoms with Gasteiger partial charge in [0.05, 0.1) is 0 Å². The van der Waals surface area contributed by atoms with Crippen LogP contribution in [0.4, 0.5) is 0 Å². The molecule has 0 aliphatic heterocycles. The van der Waals surface area contributed by atoms with Gasteiger partial charge in [0.25, 0.3) is 0 Å². The third-order valence-corrected chi connectivity index (χ3v) is 2.22. The molecule has 70 valence electrons. The smallest absolute Gasteiger partial charge is 0.00447 e. The van der Waals surface area contributed by atoms with Crippen molar-refractivity contribution in [2.75, 3.05) is 0 Å². The van der Waals surface area contributed by atoms with Gasteiger partial charge in [-0.2, -0.15) is 0 Å². The predicted molar refractivity (Wildman–Crippen MR) is 60.5 cm³/mol. The Balaban J connectivity index is 4.62. The molecule has 0 saturated carbocycles. The Hall–Kier alpha value is -0.170. The van der Waals surface area contributed by atoms with Crippen LogP contribution in [-0.4, -0.2) is 0 Å². The van der Waals surface area contributed by atoms with Crippen LogP contribution in [-0.2, 0) is 0 Å². The summed E-state index contributed by atoms with van der Waals surface area (Å²) in [7, 11) is 0. The first kappa shape index (κ1) is 11.8. The molecule has 0 unspecified atom stereocenters. The molecule has 0 amide bonds. The average Bonchev–Trinajstić information content (AvgIpc) is 1.82. The topological polar surface area (TPSA) is 0 Å². The first-order valence-electron chi connectivity index (χ1n) is 4.35. The van der Waals surface area contributed by atoms with Crippen molar-refractivity contribution in [2.24, 2.45) is 11.3 Å². The molecular formula is C11H20S. The van der Waals surface area contributed by atoms with E-state index in [0.29, 0.717) is 5.92 Å².